The van der Waals surface area contributed by atoms with Gasteiger partial charge in [0.2, 0.25) is 0 Å². The fourth-order valence-electron chi connectivity index (χ4n) is 1.21. The molecule has 0 unspecified atom stereocenters. The van der Waals surface area contributed by atoms with E-state index in [1.807, 2.05) is 0 Å². The van der Waals surface area contributed by atoms with Crippen LogP contribution in [0, 0.1) is 38.6 Å². The lowest BCUT2D eigenvalue weighted by Gasteiger charge is -2.06. The summed E-state index contributed by atoms with van der Waals surface area (Å²) < 4.78 is 18.1. The lowest BCUT2D eigenvalue weighted by Crippen LogP contribution is -1.99. The lowest BCUT2D eigenvalue weighted by atomic mass is 10.2. The SMILES string of the molecule is COc1cc([N+](=O)[O-])c(NC=C(C#N)C#N)cc1F. The third-order valence-electron chi connectivity index (χ3n) is 2.08. The van der Waals surface area contributed by atoms with Crippen LogP contribution >= 0.6 is 0 Å². The Kier molecular flexibility index (Phi) is 4.39. The smallest absolute Gasteiger partial charge is 0.296 e. The molecule has 1 aromatic rings. The number of nitro groups is 1. The van der Waals surface area contributed by atoms with Crippen LogP contribution in [0.15, 0.2) is 23.9 Å². The van der Waals surface area contributed by atoms with Crippen molar-refractivity contribution in [3.63, 3.8) is 0 Å². The maximum absolute atomic E-state index is 13.4. The zero-order valence-electron chi connectivity index (χ0n) is 9.68. The first-order valence-corrected chi connectivity index (χ1v) is 4.82. The van der Waals surface area contributed by atoms with E-state index in [-0.39, 0.29) is 17.0 Å². The predicted molar refractivity (Wildman–Crippen MR) is 62.5 cm³/mol. The van der Waals surface area contributed by atoms with Crippen LogP contribution in [0.1, 0.15) is 0 Å². The molecule has 96 valence electrons. The van der Waals surface area contributed by atoms with E-state index in [0.29, 0.717) is 0 Å². The highest BCUT2D eigenvalue weighted by Crippen LogP contribution is 2.31. The number of nitrogens with zero attached hydrogens (tertiary/aromatic N) is 3. The highest BCUT2D eigenvalue weighted by atomic mass is 19.1. The van der Waals surface area contributed by atoms with Crippen LogP contribution in [0.3, 0.4) is 0 Å². The van der Waals surface area contributed by atoms with Gasteiger partial charge in [-0.05, 0) is 0 Å². The largest absolute Gasteiger partial charge is 0.493 e. The van der Waals surface area contributed by atoms with Crippen molar-refractivity contribution in [2.75, 3.05) is 12.4 Å². The number of ether oxygens (including phenoxy) is 1. The van der Waals surface area contributed by atoms with Crippen molar-refractivity contribution in [1.82, 2.24) is 0 Å². The van der Waals surface area contributed by atoms with Gasteiger partial charge in [-0.2, -0.15) is 10.5 Å². The number of benzene rings is 1. The number of allylic oxidation sites excluding steroid dienone is 1. The Morgan fingerprint density at radius 1 is 1.53 bits per heavy atom. The molecule has 19 heavy (non-hydrogen) atoms. The molecule has 7 nitrogen and oxygen atoms in total. The normalized spacial score (nSPS) is 8.84. The predicted octanol–water partition coefficient (Wildman–Crippen LogP) is 2.09. The number of nitro benzene ring substituents is 1. The highest BCUT2D eigenvalue weighted by Gasteiger charge is 2.18. The summed E-state index contributed by atoms with van der Waals surface area (Å²) in [5.74, 6) is -1.08. The number of methoxy groups -OCH3 is 1. The average molecular weight is 262 g/mol. The van der Waals surface area contributed by atoms with Crippen molar-refractivity contribution in [2.24, 2.45) is 0 Å². The number of hydrogen-bond donors (Lipinski definition) is 1. The molecular formula is C11H7FN4O3. The molecule has 0 fully saturated rings. The quantitative estimate of drug-likeness (QED) is 0.505. The van der Waals surface area contributed by atoms with Gasteiger partial charge in [0.25, 0.3) is 5.69 Å². The van der Waals surface area contributed by atoms with Crippen molar-refractivity contribution in [3.8, 4) is 17.9 Å². The van der Waals surface area contributed by atoms with Crippen LogP contribution in [-0.4, -0.2) is 12.0 Å². The summed E-state index contributed by atoms with van der Waals surface area (Å²) in [7, 11) is 1.18. The monoisotopic (exact) mass is 262 g/mol. The second-order valence-electron chi connectivity index (χ2n) is 3.19. The van der Waals surface area contributed by atoms with Gasteiger partial charge in [-0.3, -0.25) is 10.1 Å². The number of halogens is 1. The first-order valence-electron chi connectivity index (χ1n) is 4.82. The van der Waals surface area contributed by atoms with Crippen molar-refractivity contribution in [3.05, 3.63) is 39.8 Å². The van der Waals surface area contributed by atoms with E-state index in [4.69, 9.17) is 10.5 Å². The lowest BCUT2D eigenvalue weighted by molar-refractivity contribution is -0.384. The standard InChI is InChI=1S/C11H7FN4O3/c1-19-11-3-10(16(17)18)9(2-8(11)12)15-6-7(4-13)5-14/h2-3,6,15H,1H3. The fourth-order valence-corrected chi connectivity index (χ4v) is 1.21. The summed E-state index contributed by atoms with van der Waals surface area (Å²) in [6.45, 7) is 0. The molecular weight excluding hydrogens is 255 g/mol. The molecule has 0 aromatic heterocycles. The minimum absolute atomic E-state index is 0.189. The van der Waals surface area contributed by atoms with Gasteiger partial charge < -0.3 is 10.1 Å². The Balaban J connectivity index is 3.25. The Bertz CT molecular complexity index is 612. The summed E-state index contributed by atoms with van der Waals surface area (Å²) in [4.78, 5) is 10.1. The summed E-state index contributed by atoms with van der Waals surface area (Å²) in [5.41, 5.74) is -0.929. The number of hydrogen-bond acceptors (Lipinski definition) is 6. The molecule has 0 bridgehead atoms. The average Bonchev–Trinajstić information content (AvgIpc) is 2.39. The van der Waals surface area contributed by atoms with Crippen molar-refractivity contribution >= 4 is 11.4 Å². The van der Waals surface area contributed by atoms with Crippen molar-refractivity contribution in [2.45, 2.75) is 0 Å². The zero-order chi connectivity index (χ0) is 14.4. The van der Waals surface area contributed by atoms with Gasteiger partial charge in [-0.1, -0.05) is 0 Å². The Morgan fingerprint density at radius 3 is 2.63 bits per heavy atom. The topological polar surface area (TPSA) is 112 Å². The maximum Gasteiger partial charge on any atom is 0.296 e. The minimum Gasteiger partial charge on any atom is -0.493 e. The fraction of sp³-hybridized carbons (Fsp3) is 0.0909. The second-order valence-corrected chi connectivity index (χ2v) is 3.19. The van der Waals surface area contributed by atoms with Crippen molar-refractivity contribution in [1.29, 1.82) is 10.5 Å². The van der Waals surface area contributed by atoms with Crippen LogP contribution in [0.4, 0.5) is 15.8 Å². The third-order valence-corrected chi connectivity index (χ3v) is 2.08. The van der Waals surface area contributed by atoms with E-state index in [1.165, 1.54) is 7.11 Å². The molecule has 0 spiro atoms. The van der Waals surface area contributed by atoms with Gasteiger partial charge in [0.15, 0.2) is 11.6 Å². The van der Waals surface area contributed by atoms with Gasteiger partial charge in [0.1, 0.15) is 23.4 Å². The van der Waals surface area contributed by atoms with E-state index in [9.17, 15) is 14.5 Å². The first kappa shape index (κ1) is 13.9. The number of nitrogens with one attached hydrogen (secondary N) is 1. The summed E-state index contributed by atoms with van der Waals surface area (Å²) in [6.07, 6.45) is 0.953. The van der Waals surface area contributed by atoms with Crippen LogP contribution < -0.4 is 10.1 Å². The molecule has 1 aromatic carbocycles. The van der Waals surface area contributed by atoms with Gasteiger partial charge >= 0.3 is 0 Å². The number of anilines is 1. The molecule has 0 radical (unpaired) electrons. The molecule has 1 rings (SSSR count). The maximum atomic E-state index is 13.4. The molecule has 0 aliphatic heterocycles. The van der Waals surface area contributed by atoms with Crippen molar-refractivity contribution < 1.29 is 14.1 Å². The Labute approximate surface area is 107 Å². The van der Waals surface area contributed by atoms with Gasteiger partial charge in [0.05, 0.1) is 18.1 Å². The van der Waals surface area contributed by atoms with Gasteiger partial charge in [0, 0.05) is 12.3 Å². The molecule has 0 aliphatic rings. The van der Waals surface area contributed by atoms with Crippen LogP contribution in [0.2, 0.25) is 0 Å². The van der Waals surface area contributed by atoms with E-state index in [0.717, 1.165) is 18.3 Å². The van der Waals surface area contributed by atoms with Gasteiger partial charge in [-0.25, -0.2) is 4.39 Å². The molecule has 0 aliphatic carbocycles. The Morgan fingerprint density at radius 2 is 2.16 bits per heavy atom. The van der Waals surface area contributed by atoms with Crippen LogP contribution in [0.25, 0.3) is 0 Å². The molecule has 1 N–H and O–H groups in total. The van der Waals surface area contributed by atoms with Crippen LogP contribution in [0.5, 0.6) is 5.75 Å². The van der Waals surface area contributed by atoms with Crippen LogP contribution in [-0.2, 0) is 0 Å². The van der Waals surface area contributed by atoms with E-state index in [2.05, 4.69) is 10.1 Å². The first-order chi connectivity index (χ1) is 9.03. The summed E-state index contributed by atoms with van der Waals surface area (Å²) in [6, 6.07) is 4.87. The summed E-state index contributed by atoms with van der Waals surface area (Å²) in [5, 5.41) is 30.2. The minimum atomic E-state index is -0.806. The molecule has 0 amide bonds. The summed E-state index contributed by atoms with van der Waals surface area (Å²) >= 11 is 0. The Hall–Kier alpha value is -3.13. The number of nitriles is 2. The molecule has 0 saturated carbocycles. The van der Waals surface area contributed by atoms with E-state index in [1.54, 1.807) is 12.1 Å². The highest BCUT2D eigenvalue weighted by molar-refractivity contribution is 5.66. The molecule has 8 heteroatoms. The second kappa shape index (κ2) is 5.98. The molecule has 0 atom stereocenters. The molecule has 0 heterocycles. The molecule has 0 saturated heterocycles. The van der Waals surface area contributed by atoms with E-state index < -0.39 is 16.4 Å². The van der Waals surface area contributed by atoms with Gasteiger partial charge in [-0.15, -0.1) is 0 Å². The number of rotatable bonds is 4. The van der Waals surface area contributed by atoms with E-state index >= 15 is 0 Å². The zero-order valence-corrected chi connectivity index (χ0v) is 9.68. The third kappa shape index (κ3) is 3.17.